The first-order chi connectivity index (χ1) is 7.54. The van der Waals surface area contributed by atoms with Gasteiger partial charge in [-0.05, 0) is 36.8 Å². The Morgan fingerprint density at radius 2 is 2.19 bits per heavy atom. The van der Waals surface area contributed by atoms with Gasteiger partial charge in [-0.25, -0.2) is 0 Å². The fourth-order valence-corrected chi connectivity index (χ4v) is 2.00. The van der Waals surface area contributed by atoms with Crippen LogP contribution in [0.15, 0.2) is 12.4 Å². The molecule has 0 aliphatic heterocycles. The fraction of sp³-hybridized carbons (Fsp3) is 0.750. The summed E-state index contributed by atoms with van der Waals surface area (Å²) in [4.78, 5) is 0. The molecule has 0 bridgehead atoms. The van der Waals surface area contributed by atoms with Crippen LogP contribution in [0, 0.1) is 11.8 Å². The van der Waals surface area contributed by atoms with E-state index >= 15 is 0 Å². The molecule has 0 saturated carbocycles. The van der Waals surface area contributed by atoms with E-state index in [1.807, 2.05) is 19.4 Å². The van der Waals surface area contributed by atoms with E-state index < -0.39 is 0 Å². The molecule has 3 N–H and O–H groups in total. The quantitative estimate of drug-likeness (QED) is 0.757. The van der Waals surface area contributed by atoms with Crippen LogP contribution in [0.3, 0.4) is 0 Å². The molecule has 1 heterocycles. The molecule has 92 valence electrons. The van der Waals surface area contributed by atoms with Crippen LogP contribution in [0.1, 0.15) is 25.8 Å². The van der Waals surface area contributed by atoms with Crippen molar-refractivity contribution in [3.63, 3.8) is 0 Å². The van der Waals surface area contributed by atoms with Gasteiger partial charge >= 0.3 is 0 Å². The number of aromatic nitrogens is 2. The zero-order chi connectivity index (χ0) is 12.1. The molecule has 1 aromatic rings. The zero-order valence-electron chi connectivity index (χ0n) is 10.4. The van der Waals surface area contributed by atoms with Crippen molar-refractivity contribution in [2.75, 3.05) is 6.54 Å². The summed E-state index contributed by atoms with van der Waals surface area (Å²) in [6.45, 7) is 4.75. The standard InChI is InChI=1S/C12H23N3O/c1-9(2)11(6-13)12(16)5-4-10-7-14-15(3)8-10/h7-9,11-12,16H,4-6,13H2,1-3H3. The molecule has 0 spiro atoms. The molecule has 0 radical (unpaired) electrons. The van der Waals surface area contributed by atoms with Crippen molar-refractivity contribution >= 4 is 0 Å². The van der Waals surface area contributed by atoms with Crippen molar-refractivity contribution < 1.29 is 5.11 Å². The van der Waals surface area contributed by atoms with Gasteiger partial charge in [-0.3, -0.25) is 4.68 Å². The summed E-state index contributed by atoms with van der Waals surface area (Å²) in [5, 5.41) is 14.1. The number of hydrogen-bond donors (Lipinski definition) is 2. The van der Waals surface area contributed by atoms with E-state index in [-0.39, 0.29) is 12.0 Å². The largest absolute Gasteiger partial charge is 0.393 e. The molecule has 4 nitrogen and oxygen atoms in total. The Hall–Kier alpha value is -0.870. The van der Waals surface area contributed by atoms with E-state index in [0.717, 1.165) is 12.8 Å². The van der Waals surface area contributed by atoms with Gasteiger partial charge in [0, 0.05) is 13.2 Å². The van der Waals surface area contributed by atoms with Crippen LogP contribution in [0.2, 0.25) is 0 Å². The first kappa shape index (κ1) is 13.2. The first-order valence-electron chi connectivity index (χ1n) is 5.90. The van der Waals surface area contributed by atoms with Gasteiger partial charge in [0.2, 0.25) is 0 Å². The molecule has 2 unspecified atom stereocenters. The second kappa shape index (κ2) is 6.01. The van der Waals surface area contributed by atoms with Crippen molar-refractivity contribution in [2.45, 2.75) is 32.8 Å². The van der Waals surface area contributed by atoms with Crippen LogP contribution >= 0.6 is 0 Å². The molecule has 4 heteroatoms. The third-order valence-electron chi connectivity index (χ3n) is 3.11. The van der Waals surface area contributed by atoms with Crippen molar-refractivity contribution in [1.29, 1.82) is 0 Å². The molecule has 1 aromatic heterocycles. The molecule has 0 aromatic carbocycles. The van der Waals surface area contributed by atoms with Gasteiger partial charge in [0.05, 0.1) is 12.3 Å². The normalized spacial score (nSPS) is 15.4. The van der Waals surface area contributed by atoms with Gasteiger partial charge in [-0.15, -0.1) is 0 Å². The maximum atomic E-state index is 10.0. The summed E-state index contributed by atoms with van der Waals surface area (Å²) in [5.74, 6) is 0.616. The molecule has 0 aliphatic rings. The molecule has 16 heavy (non-hydrogen) atoms. The second-order valence-corrected chi connectivity index (χ2v) is 4.77. The first-order valence-corrected chi connectivity index (χ1v) is 5.90. The zero-order valence-corrected chi connectivity index (χ0v) is 10.4. The van der Waals surface area contributed by atoms with E-state index in [0.29, 0.717) is 12.5 Å². The topological polar surface area (TPSA) is 64.1 Å². The van der Waals surface area contributed by atoms with Crippen LogP contribution in [0.4, 0.5) is 0 Å². The average molecular weight is 225 g/mol. The van der Waals surface area contributed by atoms with Gasteiger partial charge in [-0.1, -0.05) is 13.8 Å². The Kier molecular flexibility index (Phi) is 4.96. The molecular formula is C12H23N3O. The number of aryl methyl sites for hydroxylation is 2. The van der Waals surface area contributed by atoms with Crippen molar-refractivity contribution in [3.05, 3.63) is 18.0 Å². The molecular weight excluding hydrogens is 202 g/mol. The number of nitrogens with zero attached hydrogens (tertiary/aromatic N) is 2. The Bertz CT molecular complexity index is 309. The van der Waals surface area contributed by atoms with Crippen molar-refractivity contribution in [1.82, 2.24) is 9.78 Å². The van der Waals surface area contributed by atoms with E-state index in [4.69, 9.17) is 5.73 Å². The fourth-order valence-electron chi connectivity index (χ4n) is 2.00. The van der Waals surface area contributed by atoms with E-state index in [9.17, 15) is 5.11 Å². The Morgan fingerprint density at radius 3 is 2.62 bits per heavy atom. The summed E-state index contributed by atoms with van der Waals surface area (Å²) in [6, 6.07) is 0. The van der Waals surface area contributed by atoms with Gasteiger partial charge in [-0.2, -0.15) is 5.10 Å². The lowest BCUT2D eigenvalue weighted by atomic mass is 9.87. The van der Waals surface area contributed by atoms with Crippen LogP contribution in [0.25, 0.3) is 0 Å². The minimum atomic E-state index is -0.315. The maximum absolute atomic E-state index is 10.0. The monoisotopic (exact) mass is 225 g/mol. The Labute approximate surface area is 97.5 Å². The highest BCUT2D eigenvalue weighted by molar-refractivity contribution is 5.03. The van der Waals surface area contributed by atoms with Crippen LogP contribution < -0.4 is 5.73 Å². The average Bonchev–Trinajstić information content (AvgIpc) is 2.62. The Balaban J connectivity index is 2.42. The number of nitrogens with two attached hydrogens (primary N) is 1. The van der Waals surface area contributed by atoms with Crippen molar-refractivity contribution in [2.24, 2.45) is 24.6 Å². The van der Waals surface area contributed by atoms with Gasteiger partial charge in [0.25, 0.3) is 0 Å². The highest BCUT2D eigenvalue weighted by atomic mass is 16.3. The maximum Gasteiger partial charge on any atom is 0.0586 e. The Morgan fingerprint density at radius 1 is 1.50 bits per heavy atom. The number of aliphatic hydroxyl groups excluding tert-OH is 1. The van der Waals surface area contributed by atoms with Crippen LogP contribution in [-0.2, 0) is 13.5 Å². The SMILES string of the molecule is CC(C)C(CN)C(O)CCc1cnn(C)c1. The third-order valence-corrected chi connectivity index (χ3v) is 3.11. The van der Waals surface area contributed by atoms with Gasteiger partial charge in [0.1, 0.15) is 0 Å². The van der Waals surface area contributed by atoms with Crippen LogP contribution in [0.5, 0.6) is 0 Å². The molecule has 0 amide bonds. The summed E-state index contributed by atoms with van der Waals surface area (Å²) >= 11 is 0. The lowest BCUT2D eigenvalue weighted by Gasteiger charge is -2.24. The molecule has 0 aliphatic carbocycles. The highest BCUT2D eigenvalue weighted by Gasteiger charge is 2.20. The van der Waals surface area contributed by atoms with Crippen molar-refractivity contribution in [3.8, 4) is 0 Å². The third kappa shape index (κ3) is 3.61. The van der Waals surface area contributed by atoms with Crippen LogP contribution in [-0.4, -0.2) is 27.5 Å². The highest BCUT2D eigenvalue weighted by Crippen LogP contribution is 2.18. The summed E-state index contributed by atoms with van der Waals surface area (Å²) in [6.07, 6.45) is 5.13. The smallest absolute Gasteiger partial charge is 0.0586 e. The van der Waals surface area contributed by atoms with Gasteiger partial charge in [0.15, 0.2) is 0 Å². The minimum Gasteiger partial charge on any atom is -0.393 e. The number of rotatable bonds is 6. The summed E-state index contributed by atoms with van der Waals surface area (Å²) < 4.78 is 1.78. The second-order valence-electron chi connectivity index (χ2n) is 4.77. The lowest BCUT2D eigenvalue weighted by Crippen LogP contribution is -2.32. The van der Waals surface area contributed by atoms with Gasteiger partial charge < -0.3 is 10.8 Å². The van der Waals surface area contributed by atoms with E-state index in [1.54, 1.807) is 4.68 Å². The molecule has 0 fully saturated rings. The van der Waals surface area contributed by atoms with E-state index in [1.165, 1.54) is 5.56 Å². The summed E-state index contributed by atoms with van der Waals surface area (Å²) in [7, 11) is 1.90. The van der Waals surface area contributed by atoms with E-state index in [2.05, 4.69) is 18.9 Å². The minimum absolute atomic E-state index is 0.191. The predicted octanol–water partition coefficient (Wildman–Crippen LogP) is 0.944. The predicted molar refractivity (Wildman–Crippen MR) is 64.9 cm³/mol. The molecule has 1 rings (SSSR count). The number of aliphatic hydroxyl groups is 1. The summed E-state index contributed by atoms with van der Waals surface area (Å²) in [5.41, 5.74) is 6.84. The molecule has 2 atom stereocenters. The lowest BCUT2D eigenvalue weighted by molar-refractivity contribution is 0.0786. The number of hydrogen-bond acceptors (Lipinski definition) is 3. The molecule has 0 saturated heterocycles.